The van der Waals surface area contributed by atoms with Crippen molar-refractivity contribution in [3.05, 3.63) is 338 Å². The Bertz CT molecular complexity index is 4560. The maximum absolute atomic E-state index is 2.52. The first-order valence-electron chi connectivity index (χ1n) is 27.3. The highest BCUT2D eigenvalue weighted by Gasteiger charge is 2.46. The van der Waals surface area contributed by atoms with E-state index in [9.17, 15) is 0 Å². The van der Waals surface area contributed by atoms with E-state index >= 15 is 0 Å². The van der Waals surface area contributed by atoms with Crippen molar-refractivity contribution >= 4 is 49.6 Å². The lowest BCUT2D eigenvalue weighted by Gasteiger charge is -2.35. The number of nitrogens with zero attached hydrogens (tertiary/aromatic N) is 2. The van der Waals surface area contributed by atoms with Crippen LogP contribution < -0.4 is 4.90 Å². The molecule has 0 amide bonds. The third-order valence-corrected chi connectivity index (χ3v) is 16.5. The Kier molecular flexibility index (Phi) is 11.1. The molecule has 2 heteroatoms. The minimum atomic E-state index is -0.559. The van der Waals surface area contributed by atoms with Gasteiger partial charge in [0.15, 0.2) is 0 Å². The summed E-state index contributed by atoms with van der Waals surface area (Å²) in [6.07, 6.45) is 0. The van der Waals surface area contributed by atoms with Crippen molar-refractivity contribution in [3.63, 3.8) is 0 Å². The average molecular weight is 1010 g/mol. The molecule has 1 aliphatic rings. The summed E-state index contributed by atoms with van der Waals surface area (Å²) in [5.41, 5.74) is 23.1. The molecule has 1 aromatic heterocycles. The summed E-state index contributed by atoms with van der Waals surface area (Å²) in [7, 11) is 0. The lowest BCUT2D eigenvalue weighted by atomic mass is 9.67. The van der Waals surface area contributed by atoms with Crippen LogP contribution in [-0.4, -0.2) is 4.57 Å². The highest BCUT2D eigenvalue weighted by molar-refractivity contribution is 6.11. The van der Waals surface area contributed by atoms with Gasteiger partial charge in [0.1, 0.15) is 0 Å². The maximum atomic E-state index is 2.52. The summed E-state index contributed by atoms with van der Waals surface area (Å²) in [4.78, 5) is 2.52. The van der Waals surface area contributed by atoms with Crippen molar-refractivity contribution in [2.24, 2.45) is 0 Å². The third kappa shape index (κ3) is 7.56. The molecule has 0 N–H and O–H groups in total. The Morgan fingerprint density at radius 2 is 0.797 bits per heavy atom. The van der Waals surface area contributed by atoms with Crippen LogP contribution in [0.15, 0.2) is 315 Å². The number of anilines is 3. The fraction of sp³-hybridized carbons (Fsp3) is 0.0130. The molecule has 0 aliphatic heterocycles. The molecule has 0 bridgehead atoms. The molecule has 0 saturated carbocycles. The summed E-state index contributed by atoms with van der Waals surface area (Å²) in [6.45, 7) is 0. The Morgan fingerprint density at radius 3 is 1.58 bits per heavy atom. The SMILES string of the molecule is c1ccc(-c2cccc(-c3cccc(-n4c5ccccc5c5ccc(-c6ccccc6-c6ccccc6N(c6ccc7c(c6)C(c6ccccc6)(c6ccccc6)c6ccccc6-7)c6cccc7ccccc67)cc54)c3)c2)cc1. The van der Waals surface area contributed by atoms with Crippen molar-refractivity contribution in [1.82, 2.24) is 4.57 Å². The normalized spacial score (nSPS) is 12.4. The van der Waals surface area contributed by atoms with Gasteiger partial charge < -0.3 is 9.47 Å². The van der Waals surface area contributed by atoms with Crippen molar-refractivity contribution in [3.8, 4) is 61.3 Å². The van der Waals surface area contributed by atoms with Gasteiger partial charge in [-0.05, 0) is 132 Å². The van der Waals surface area contributed by atoms with E-state index < -0.39 is 5.41 Å². The number of hydrogen-bond acceptors (Lipinski definition) is 1. The van der Waals surface area contributed by atoms with E-state index in [1.807, 2.05) is 0 Å². The second-order valence-corrected chi connectivity index (χ2v) is 20.7. The summed E-state index contributed by atoms with van der Waals surface area (Å²) in [5.74, 6) is 0. The number of aromatic nitrogens is 1. The molecule has 2 nitrogen and oxygen atoms in total. The van der Waals surface area contributed by atoms with E-state index in [4.69, 9.17) is 0 Å². The monoisotopic (exact) mass is 1000 g/mol. The molecule has 370 valence electrons. The van der Waals surface area contributed by atoms with Crippen molar-refractivity contribution < 1.29 is 0 Å². The highest BCUT2D eigenvalue weighted by atomic mass is 15.1. The van der Waals surface area contributed by atoms with Crippen LogP contribution in [0.25, 0.3) is 93.9 Å². The van der Waals surface area contributed by atoms with Crippen LogP contribution >= 0.6 is 0 Å². The molecule has 0 radical (unpaired) electrons. The molecular weight excluding hydrogens is 953 g/mol. The number of hydrogen-bond donors (Lipinski definition) is 0. The van der Waals surface area contributed by atoms with E-state index in [2.05, 4.69) is 325 Å². The van der Waals surface area contributed by atoms with E-state index in [1.165, 1.54) is 82.7 Å². The lowest BCUT2D eigenvalue weighted by molar-refractivity contribution is 0.768. The van der Waals surface area contributed by atoms with Crippen LogP contribution in [0.1, 0.15) is 22.3 Å². The zero-order valence-electron chi connectivity index (χ0n) is 43.4. The van der Waals surface area contributed by atoms with Crippen LogP contribution in [0, 0.1) is 0 Å². The van der Waals surface area contributed by atoms with Gasteiger partial charge >= 0.3 is 0 Å². The Morgan fingerprint density at radius 1 is 0.266 bits per heavy atom. The molecule has 1 heterocycles. The number of benzene rings is 13. The first kappa shape index (κ1) is 46.1. The predicted molar refractivity (Wildman–Crippen MR) is 332 cm³/mol. The fourth-order valence-corrected chi connectivity index (χ4v) is 13.0. The standard InChI is InChI=1S/C77H52N2/c1-4-23-53(24-5-1)55-27-20-28-56(49-55)57-29-21-34-61(50-57)79-75-43-19-16-40-69(75)70-47-45-58(51-76(70)79)63-35-12-13-37-65(63)68-39-15-18-42-74(68)78(73-44-22-26-54-25-10-11-36-64(54)73)62-46-48-67-66-38-14-17-41-71(66)77(72(67)52-62,59-30-6-2-7-31-59)60-32-8-3-9-33-60/h1-52H. The molecule has 79 heavy (non-hydrogen) atoms. The second-order valence-electron chi connectivity index (χ2n) is 20.7. The molecule has 0 atom stereocenters. The molecule has 15 rings (SSSR count). The molecule has 0 spiro atoms. The Labute approximate surface area is 461 Å². The van der Waals surface area contributed by atoms with Crippen LogP contribution in [0.2, 0.25) is 0 Å². The minimum absolute atomic E-state index is 0.559. The average Bonchev–Trinajstić information content (AvgIpc) is 4.00. The molecular formula is C77H52N2. The maximum Gasteiger partial charge on any atom is 0.0714 e. The Balaban J connectivity index is 0.915. The van der Waals surface area contributed by atoms with E-state index in [0.29, 0.717) is 0 Å². The quantitative estimate of drug-likeness (QED) is 0.133. The second kappa shape index (κ2) is 19.1. The van der Waals surface area contributed by atoms with Crippen LogP contribution in [0.5, 0.6) is 0 Å². The molecule has 0 saturated heterocycles. The number of fused-ring (bicyclic) bond motifs is 7. The van der Waals surface area contributed by atoms with Crippen LogP contribution in [0.3, 0.4) is 0 Å². The zero-order chi connectivity index (χ0) is 52.3. The van der Waals surface area contributed by atoms with Gasteiger partial charge in [-0.25, -0.2) is 0 Å². The molecule has 13 aromatic carbocycles. The van der Waals surface area contributed by atoms with Gasteiger partial charge in [-0.3, -0.25) is 0 Å². The van der Waals surface area contributed by atoms with Gasteiger partial charge in [0, 0.05) is 33.1 Å². The van der Waals surface area contributed by atoms with Crippen LogP contribution in [-0.2, 0) is 5.41 Å². The largest absolute Gasteiger partial charge is 0.309 e. The molecule has 0 unspecified atom stereocenters. The van der Waals surface area contributed by atoms with E-state index in [0.717, 1.165) is 50.5 Å². The van der Waals surface area contributed by atoms with Gasteiger partial charge in [-0.1, -0.05) is 261 Å². The Hall–Kier alpha value is -10.3. The first-order chi connectivity index (χ1) is 39.2. The summed E-state index contributed by atoms with van der Waals surface area (Å²) in [5, 5.41) is 4.82. The molecule has 0 fully saturated rings. The topological polar surface area (TPSA) is 8.17 Å². The van der Waals surface area contributed by atoms with Crippen molar-refractivity contribution in [1.29, 1.82) is 0 Å². The van der Waals surface area contributed by atoms with Crippen molar-refractivity contribution in [2.75, 3.05) is 4.90 Å². The van der Waals surface area contributed by atoms with Gasteiger partial charge in [0.05, 0.1) is 27.8 Å². The molecule has 14 aromatic rings. The van der Waals surface area contributed by atoms with Crippen LogP contribution in [0.4, 0.5) is 17.1 Å². The summed E-state index contributed by atoms with van der Waals surface area (Å²) >= 11 is 0. The predicted octanol–water partition coefficient (Wildman–Crippen LogP) is 20.4. The minimum Gasteiger partial charge on any atom is -0.309 e. The zero-order valence-corrected chi connectivity index (χ0v) is 43.4. The first-order valence-corrected chi connectivity index (χ1v) is 27.3. The van der Waals surface area contributed by atoms with Gasteiger partial charge in [0.25, 0.3) is 0 Å². The summed E-state index contributed by atoms with van der Waals surface area (Å²) < 4.78 is 2.45. The van der Waals surface area contributed by atoms with E-state index in [1.54, 1.807) is 0 Å². The number of para-hydroxylation sites is 2. The third-order valence-electron chi connectivity index (χ3n) is 16.5. The van der Waals surface area contributed by atoms with Gasteiger partial charge in [0.2, 0.25) is 0 Å². The van der Waals surface area contributed by atoms with Gasteiger partial charge in [-0.2, -0.15) is 0 Å². The van der Waals surface area contributed by atoms with Crippen molar-refractivity contribution in [2.45, 2.75) is 5.41 Å². The lowest BCUT2D eigenvalue weighted by Crippen LogP contribution is -2.28. The highest BCUT2D eigenvalue weighted by Crippen LogP contribution is 2.58. The van der Waals surface area contributed by atoms with E-state index in [-0.39, 0.29) is 0 Å². The van der Waals surface area contributed by atoms with Gasteiger partial charge in [-0.15, -0.1) is 0 Å². The fourth-order valence-electron chi connectivity index (χ4n) is 13.0. The summed E-state index contributed by atoms with van der Waals surface area (Å²) in [6, 6.07) is 116. The molecule has 1 aliphatic carbocycles. The number of rotatable bonds is 10. The smallest absolute Gasteiger partial charge is 0.0714 e.